The zero-order chi connectivity index (χ0) is 11.1. The molecule has 4 heteroatoms. The summed E-state index contributed by atoms with van der Waals surface area (Å²) in [6.45, 7) is 2.00. The van der Waals surface area contributed by atoms with Crippen molar-refractivity contribution in [3.8, 4) is 0 Å². The molecule has 1 aromatic carbocycles. The van der Waals surface area contributed by atoms with Crippen LogP contribution in [-0.2, 0) is 5.11 Å². The maximum absolute atomic E-state index is 13.9. The molecule has 0 N–H and O–H groups in total. The summed E-state index contributed by atoms with van der Waals surface area (Å²) in [5, 5.41) is 12.3. The predicted molar refractivity (Wildman–Crippen MR) is 52.2 cm³/mol. The summed E-state index contributed by atoms with van der Waals surface area (Å²) in [5.74, 6) is 0. The van der Waals surface area contributed by atoms with Crippen molar-refractivity contribution in [2.24, 2.45) is 9.98 Å². The zero-order valence-electron chi connectivity index (χ0n) is 8.70. The van der Waals surface area contributed by atoms with Crippen LogP contribution < -0.4 is 10.7 Å². The van der Waals surface area contributed by atoms with Crippen molar-refractivity contribution >= 4 is 0 Å². The minimum Gasteiger partial charge on any atom is -0.247 e. The topological polar surface area (TPSA) is 44.6 Å². The van der Waals surface area contributed by atoms with Crippen LogP contribution in [0.2, 0.25) is 0 Å². The monoisotopic (exact) mass is 207 g/mol. The molecule has 2 rings (SSSR count). The first-order valence-corrected chi connectivity index (χ1v) is 4.80. The molecule has 1 aliphatic rings. The van der Waals surface area contributed by atoms with Gasteiger partial charge in [-0.3, -0.25) is 0 Å². The van der Waals surface area contributed by atoms with E-state index in [1.54, 1.807) is 24.3 Å². The van der Waals surface area contributed by atoms with Crippen LogP contribution in [0.5, 0.6) is 0 Å². The fourth-order valence-electron chi connectivity index (χ4n) is 1.58. The van der Waals surface area contributed by atoms with Crippen molar-refractivity contribution in [3.05, 3.63) is 35.0 Å². The zero-order valence-corrected chi connectivity index (χ0v) is 8.70. The highest BCUT2D eigenvalue weighted by Crippen LogP contribution is 2.31. The first kappa shape index (κ1) is 10.2. The average Bonchev–Trinajstić information content (AvgIpc) is 2.56. The molecule has 0 saturated heterocycles. The average molecular weight is 207 g/mol. The van der Waals surface area contributed by atoms with Gasteiger partial charge in [-0.05, 0) is 26.0 Å². The van der Waals surface area contributed by atoms with Gasteiger partial charge in [0.1, 0.15) is 6.61 Å². The second-order valence-electron chi connectivity index (χ2n) is 4.15. The maximum Gasteiger partial charge on any atom is 0.210 e. The van der Waals surface area contributed by atoms with E-state index in [0.29, 0.717) is 10.7 Å². The van der Waals surface area contributed by atoms with Crippen molar-refractivity contribution < 1.29 is 9.50 Å². The Kier molecular flexibility index (Phi) is 2.12. The first-order chi connectivity index (χ1) is 6.98. The molecule has 0 amide bonds. The molecule has 0 fully saturated rings. The minimum atomic E-state index is -1.74. The maximum atomic E-state index is 13.9. The molecule has 0 atom stereocenters. The third-order valence-corrected chi connectivity index (χ3v) is 2.65. The fraction of sp³-hybridized carbons (Fsp3) is 0.455. The Morgan fingerprint density at radius 1 is 1.27 bits per heavy atom. The molecule has 1 radical (unpaired) electrons. The van der Waals surface area contributed by atoms with Crippen LogP contribution >= 0.6 is 0 Å². The molecule has 0 aromatic heterocycles. The van der Waals surface area contributed by atoms with E-state index in [9.17, 15) is 9.50 Å². The smallest absolute Gasteiger partial charge is 0.210 e. The summed E-state index contributed by atoms with van der Waals surface area (Å²) >= 11 is 0. The number of nitrogens with zero attached hydrogens (tertiary/aromatic N) is 2. The van der Waals surface area contributed by atoms with Gasteiger partial charge in [-0.1, -0.05) is 12.1 Å². The van der Waals surface area contributed by atoms with E-state index in [1.807, 2.05) is 0 Å². The molecule has 15 heavy (non-hydrogen) atoms. The van der Waals surface area contributed by atoms with Gasteiger partial charge < -0.3 is 0 Å². The molecule has 0 spiro atoms. The van der Waals surface area contributed by atoms with Crippen molar-refractivity contribution in [2.75, 3.05) is 6.61 Å². The lowest BCUT2D eigenvalue weighted by atomic mass is 9.95. The van der Waals surface area contributed by atoms with Gasteiger partial charge in [0.15, 0.2) is 5.67 Å². The Balaban J connectivity index is 2.66. The summed E-state index contributed by atoms with van der Waals surface area (Å²) in [6, 6.07) is 7.07. The fourth-order valence-corrected chi connectivity index (χ4v) is 1.58. The standard InChI is InChI=1S/C11H12FN2O/c1-10(2,12)11(7-15)13-8-5-3-4-6-9(8)14-11/h3-6H,7H2,1-2H3. The summed E-state index contributed by atoms with van der Waals surface area (Å²) in [5.41, 5.74) is -3.23. The summed E-state index contributed by atoms with van der Waals surface area (Å²) in [7, 11) is 0. The third-order valence-electron chi connectivity index (χ3n) is 2.65. The van der Waals surface area contributed by atoms with Crippen LogP contribution in [-0.4, -0.2) is 17.9 Å². The van der Waals surface area contributed by atoms with E-state index in [1.165, 1.54) is 13.8 Å². The summed E-state index contributed by atoms with van der Waals surface area (Å²) in [4.78, 5) is 8.24. The van der Waals surface area contributed by atoms with E-state index in [2.05, 4.69) is 9.98 Å². The van der Waals surface area contributed by atoms with Gasteiger partial charge in [0.2, 0.25) is 5.66 Å². The van der Waals surface area contributed by atoms with Gasteiger partial charge >= 0.3 is 0 Å². The lowest BCUT2D eigenvalue weighted by Gasteiger charge is -2.29. The molecular formula is C11H12FN2O. The first-order valence-electron chi connectivity index (χ1n) is 4.80. The van der Waals surface area contributed by atoms with E-state index < -0.39 is 17.9 Å². The molecule has 79 valence electrons. The predicted octanol–water partition coefficient (Wildman–Crippen LogP) is 0.814. The van der Waals surface area contributed by atoms with Crippen LogP contribution in [0.3, 0.4) is 0 Å². The highest BCUT2D eigenvalue weighted by atomic mass is 19.1. The molecule has 1 aliphatic heterocycles. The van der Waals surface area contributed by atoms with Crippen LogP contribution in [0.15, 0.2) is 34.3 Å². The van der Waals surface area contributed by atoms with Gasteiger partial charge in [-0.2, -0.15) is 0 Å². The van der Waals surface area contributed by atoms with Crippen molar-refractivity contribution in [1.82, 2.24) is 0 Å². The molecule has 1 aromatic rings. The van der Waals surface area contributed by atoms with Crippen LogP contribution in [0, 0.1) is 0 Å². The van der Waals surface area contributed by atoms with Crippen LogP contribution in [0.1, 0.15) is 13.8 Å². The Hall–Kier alpha value is -1.29. The Morgan fingerprint density at radius 3 is 2.07 bits per heavy atom. The highest BCUT2D eigenvalue weighted by Gasteiger charge is 2.47. The SMILES string of the molecule is CC(C)(F)C1(C[O])N=c2ccccc2=N1. The number of para-hydroxylation sites is 2. The number of fused-ring (bicyclic) bond motifs is 1. The van der Waals surface area contributed by atoms with Gasteiger partial charge in [0.25, 0.3) is 0 Å². The van der Waals surface area contributed by atoms with Crippen LogP contribution in [0.4, 0.5) is 4.39 Å². The molecule has 1 heterocycles. The van der Waals surface area contributed by atoms with E-state index in [-0.39, 0.29) is 0 Å². The molecule has 0 aliphatic carbocycles. The van der Waals surface area contributed by atoms with E-state index in [0.717, 1.165) is 0 Å². The van der Waals surface area contributed by atoms with Gasteiger partial charge in [-0.25, -0.2) is 19.5 Å². The van der Waals surface area contributed by atoms with Crippen LogP contribution in [0.25, 0.3) is 0 Å². The lowest BCUT2D eigenvalue weighted by molar-refractivity contribution is 0.0223. The number of alkyl halides is 1. The van der Waals surface area contributed by atoms with E-state index in [4.69, 9.17) is 0 Å². The molecular weight excluding hydrogens is 195 g/mol. The minimum absolute atomic E-state index is 0.596. The second kappa shape index (κ2) is 3.10. The largest absolute Gasteiger partial charge is 0.247 e. The van der Waals surface area contributed by atoms with Gasteiger partial charge in [0.05, 0.1) is 10.7 Å². The van der Waals surface area contributed by atoms with Gasteiger partial charge in [-0.15, -0.1) is 0 Å². The normalized spacial score (nSPS) is 17.9. The Morgan fingerprint density at radius 2 is 1.73 bits per heavy atom. The lowest BCUT2D eigenvalue weighted by Crippen LogP contribution is -2.46. The molecule has 3 nitrogen and oxygen atoms in total. The molecule has 0 bridgehead atoms. The summed E-state index contributed by atoms with van der Waals surface area (Å²) < 4.78 is 13.9. The van der Waals surface area contributed by atoms with Crippen molar-refractivity contribution in [3.63, 3.8) is 0 Å². The van der Waals surface area contributed by atoms with Gasteiger partial charge in [0, 0.05) is 0 Å². The molecule has 0 unspecified atom stereocenters. The number of hydrogen-bond acceptors (Lipinski definition) is 2. The molecule has 0 saturated carbocycles. The number of rotatable bonds is 2. The van der Waals surface area contributed by atoms with Crippen molar-refractivity contribution in [2.45, 2.75) is 25.2 Å². The Bertz CT molecular complexity index is 455. The quantitative estimate of drug-likeness (QED) is 0.689. The second-order valence-corrected chi connectivity index (χ2v) is 4.15. The number of hydrogen-bond donors (Lipinski definition) is 0. The Labute approximate surface area is 87.0 Å². The van der Waals surface area contributed by atoms with Crippen molar-refractivity contribution in [1.29, 1.82) is 0 Å². The highest BCUT2D eigenvalue weighted by molar-refractivity contribution is 5.12. The number of benzene rings is 1. The number of halogens is 1. The summed E-state index contributed by atoms with van der Waals surface area (Å²) in [6.07, 6.45) is 0. The van der Waals surface area contributed by atoms with E-state index >= 15 is 0 Å². The third kappa shape index (κ3) is 1.45.